The zero-order valence-corrected chi connectivity index (χ0v) is 18.6. The quantitative estimate of drug-likeness (QED) is 0.460. The maximum atomic E-state index is 13.2. The van der Waals surface area contributed by atoms with Crippen molar-refractivity contribution in [1.29, 1.82) is 0 Å². The van der Waals surface area contributed by atoms with E-state index in [1.54, 1.807) is 12.4 Å². The minimum Gasteiger partial charge on any atom is -0.383 e. The van der Waals surface area contributed by atoms with E-state index < -0.39 is 12.0 Å². The van der Waals surface area contributed by atoms with Crippen LogP contribution in [0.15, 0.2) is 42.7 Å². The number of halogens is 3. The zero-order valence-electron chi connectivity index (χ0n) is 18.6. The van der Waals surface area contributed by atoms with Crippen molar-refractivity contribution >= 4 is 28.1 Å². The summed E-state index contributed by atoms with van der Waals surface area (Å²) in [5.41, 5.74) is 8.96. The summed E-state index contributed by atoms with van der Waals surface area (Å²) in [6.45, 7) is 4.88. The van der Waals surface area contributed by atoms with Crippen LogP contribution in [0.25, 0.3) is 10.8 Å². The molecule has 176 valence electrons. The minimum atomic E-state index is -4.52. The molecule has 3 aromatic heterocycles. The Bertz CT molecular complexity index is 1360. The fourth-order valence-corrected chi connectivity index (χ4v) is 4.39. The average molecular weight is 468 g/mol. The number of rotatable bonds is 4. The van der Waals surface area contributed by atoms with Gasteiger partial charge >= 0.3 is 6.18 Å². The molecule has 4 heterocycles. The number of anilines is 3. The van der Waals surface area contributed by atoms with Gasteiger partial charge in [0.05, 0.1) is 6.04 Å². The second kappa shape index (κ2) is 8.15. The molecule has 0 unspecified atom stereocenters. The van der Waals surface area contributed by atoms with Gasteiger partial charge in [-0.3, -0.25) is 0 Å². The lowest BCUT2D eigenvalue weighted by Crippen LogP contribution is -2.38. The summed E-state index contributed by atoms with van der Waals surface area (Å²) >= 11 is 0. The van der Waals surface area contributed by atoms with Crippen LogP contribution in [-0.4, -0.2) is 31.3 Å². The first-order chi connectivity index (χ1) is 16.2. The molecule has 5 rings (SSSR count). The highest BCUT2D eigenvalue weighted by Crippen LogP contribution is 2.34. The lowest BCUT2D eigenvalue weighted by molar-refractivity contribution is -0.147. The van der Waals surface area contributed by atoms with Crippen LogP contribution in [0.5, 0.6) is 0 Å². The van der Waals surface area contributed by atoms with Gasteiger partial charge in [0.1, 0.15) is 11.6 Å². The molecule has 0 bridgehead atoms. The number of nitrogens with zero attached hydrogens (tertiary/aromatic N) is 6. The van der Waals surface area contributed by atoms with Gasteiger partial charge < -0.3 is 20.5 Å². The van der Waals surface area contributed by atoms with Gasteiger partial charge in [0.2, 0.25) is 5.82 Å². The van der Waals surface area contributed by atoms with Gasteiger partial charge in [-0.25, -0.2) is 9.97 Å². The van der Waals surface area contributed by atoms with Crippen molar-refractivity contribution in [2.75, 3.05) is 22.5 Å². The van der Waals surface area contributed by atoms with Crippen LogP contribution in [0.4, 0.5) is 30.5 Å². The van der Waals surface area contributed by atoms with Crippen LogP contribution in [0.3, 0.4) is 0 Å². The first-order valence-corrected chi connectivity index (χ1v) is 10.8. The van der Waals surface area contributed by atoms with Crippen molar-refractivity contribution < 1.29 is 13.2 Å². The molecule has 0 fully saturated rings. The fourth-order valence-electron chi connectivity index (χ4n) is 4.39. The lowest BCUT2D eigenvalue weighted by atomic mass is 10.1. The topological polar surface area (TPSA) is 97.8 Å². The normalized spacial score (nSPS) is 16.0. The monoisotopic (exact) mass is 468 g/mol. The van der Waals surface area contributed by atoms with E-state index >= 15 is 0 Å². The van der Waals surface area contributed by atoms with Crippen molar-refractivity contribution in [3.05, 3.63) is 65.5 Å². The van der Waals surface area contributed by atoms with Crippen molar-refractivity contribution in [3.63, 3.8) is 0 Å². The first kappa shape index (κ1) is 21.9. The average Bonchev–Trinajstić information content (AvgIpc) is 3.25. The number of aromatic nitrogens is 5. The second-order valence-corrected chi connectivity index (χ2v) is 8.32. The number of hydrogen-bond acceptors (Lipinski definition) is 7. The molecule has 0 amide bonds. The van der Waals surface area contributed by atoms with Crippen LogP contribution in [0, 0.1) is 6.92 Å². The maximum absolute atomic E-state index is 13.2. The van der Waals surface area contributed by atoms with Gasteiger partial charge in [-0.1, -0.05) is 12.1 Å². The molecule has 1 aromatic carbocycles. The molecule has 11 heteroatoms. The van der Waals surface area contributed by atoms with E-state index in [1.807, 2.05) is 49.1 Å². The molecule has 0 saturated heterocycles. The Balaban J connectivity index is 1.35. The highest BCUT2D eigenvalue weighted by atomic mass is 19.4. The van der Waals surface area contributed by atoms with Crippen molar-refractivity contribution in [2.45, 2.75) is 39.2 Å². The SMILES string of the molecule is Cc1cc(N2CCn3c(nnc3C(F)(F)F)[C@@H]2C)ncc1CNc1cccc2c(N)nccc12. The van der Waals surface area contributed by atoms with E-state index in [0.29, 0.717) is 24.7 Å². The summed E-state index contributed by atoms with van der Waals surface area (Å²) in [6.07, 6.45) is -1.04. The number of nitrogen functional groups attached to an aromatic ring is 1. The molecule has 4 aromatic rings. The summed E-state index contributed by atoms with van der Waals surface area (Å²) in [5.74, 6) is 0.511. The number of pyridine rings is 2. The van der Waals surface area contributed by atoms with Gasteiger partial charge in [0.15, 0.2) is 5.82 Å². The number of aryl methyl sites for hydroxylation is 1. The third kappa shape index (κ3) is 3.76. The van der Waals surface area contributed by atoms with Crippen molar-refractivity contribution in [1.82, 2.24) is 24.7 Å². The van der Waals surface area contributed by atoms with Crippen LogP contribution >= 0.6 is 0 Å². The molecule has 0 saturated carbocycles. The minimum absolute atomic E-state index is 0.143. The zero-order chi connectivity index (χ0) is 24.0. The largest absolute Gasteiger partial charge is 0.451 e. The number of fused-ring (bicyclic) bond motifs is 2. The van der Waals surface area contributed by atoms with Gasteiger partial charge in [0, 0.05) is 48.5 Å². The molecule has 0 radical (unpaired) electrons. The van der Waals surface area contributed by atoms with Crippen molar-refractivity contribution in [3.8, 4) is 0 Å². The lowest BCUT2D eigenvalue weighted by Gasteiger charge is -2.35. The smallest absolute Gasteiger partial charge is 0.383 e. The Hall–Kier alpha value is -3.89. The van der Waals surface area contributed by atoms with E-state index in [4.69, 9.17) is 5.73 Å². The van der Waals surface area contributed by atoms with Crippen LogP contribution < -0.4 is 16.0 Å². The number of nitrogens with two attached hydrogens (primary N) is 1. The van der Waals surface area contributed by atoms with Gasteiger partial charge in [-0.2, -0.15) is 13.2 Å². The molecule has 8 nitrogen and oxygen atoms in total. The highest BCUT2D eigenvalue weighted by Gasteiger charge is 2.41. The Kier molecular flexibility index (Phi) is 5.26. The first-order valence-electron chi connectivity index (χ1n) is 10.8. The fraction of sp³-hybridized carbons (Fsp3) is 0.304. The van der Waals surface area contributed by atoms with Crippen LogP contribution in [-0.2, 0) is 19.3 Å². The third-order valence-corrected chi connectivity index (χ3v) is 6.24. The summed E-state index contributed by atoms with van der Waals surface area (Å²) in [5, 5.41) is 12.5. The van der Waals surface area contributed by atoms with Crippen LogP contribution in [0.1, 0.15) is 35.7 Å². The Morgan fingerprint density at radius 3 is 2.71 bits per heavy atom. The van der Waals surface area contributed by atoms with Gasteiger partial charge in [-0.15, -0.1) is 10.2 Å². The Labute approximate surface area is 193 Å². The molecular formula is C23H23F3N8. The number of alkyl halides is 3. The predicted octanol–water partition coefficient (Wildman–Crippen LogP) is 4.32. The second-order valence-electron chi connectivity index (χ2n) is 8.32. The Morgan fingerprint density at radius 1 is 1.12 bits per heavy atom. The molecule has 1 aliphatic rings. The number of hydrogen-bond donors (Lipinski definition) is 2. The van der Waals surface area contributed by atoms with E-state index in [-0.39, 0.29) is 18.4 Å². The van der Waals surface area contributed by atoms with E-state index in [9.17, 15) is 13.2 Å². The Morgan fingerprint density at radius 2 is 1.94 bits per heavy atom. The van der Waals surface area contributed by atoms with Crippen molar-refractivity contribution in [2.24, 2.45) is 0 Å². The molecule has 0 aliphatic carbocycles. The summed E-state index contributed by atoms with van der Waals surface area (Å²) in [7, 11) is 0. The molecule has 1 aliphatic heterocycles. The van der Waals surface area contributed by atoms with Crippen LogP contribution in [0.2, 0.25) is 0 Å². The molecule has 34 heavy (non-hydrogen) atoms. The van der Waals surface area contributed by atoms with E-state index in [2.05, 4.69) is 25.5 Å². The molecule has 1 atom stereocenters. The maximum Gasteiger partial charge on any atom is 0.451 e. The van der Waals surface area contributed by atoms with Gasteiger partial charge in [-0.05, 0) is 43.2 Å². The van der Waals surface area contributed by atoms with E-state index in [0.717, 1.165) is 32.2 Å². The molecule has 0 spiro atoms. The van der Waals surface area contributed by atoms with Gasteiger partial charge in [0.25, 0.3) is 0 Å². The standard InChI is InChI=1S/C23H23F3N8/c1-13-10-19(33-8-9-34-21(14(33)2)31-32-22(34)23(24,25)26)30-12-15(13)11-29-18-5-3-4-17-16(18)6-7-28-20(17)27/h3-7,10,12,14,29H,8-9,11H2,1-2H3,(H2,27,28)/t14-/m0/s1. The summed E-state index contributed by atoms with van der Waals surface area (Å²) in [6, 6.07) is 9.33. The molecule has 3 N–H and O–H groups in total. The number of benzene rings is 1. The third-order valence-electron chi connectivity index (χ3n) is 6.24. The van der Waals surface area contributed by atoms with E-state index in [1.165, 1.54) is 0 Å². The molecular weight excluding hydrogens is 445 g/mol. The number of nitrogens with one attached hydrogen (secondary N) is 1. The highest BCUT2D eigenvalue weighted by molar-refractivity contribution is 5.99. The summed E-state index contributed by atoms with van der Waals surface area (Å²) in [4.78, 5) is 10.7. The summed E-state index contributed by atoms with van der Waals surface area (Å²) < 4.78 is 40.7. The predicted molar refractivity (Wildman–Crippen MR) is 123 cm³/mol.